The number of amides is 1. The Labute approximate surface area is 135 Å². The lowest BCUT2D eigenvalue weighted by Crippen LogP contribution is -2.32. The Balaban J connectivity index is 2.08. The maximum absolute atomic E-state index is 13.1. The molecule has 1 atom stereocenters. The van der Waals surface area contributed by atoms with Crippen molar-refractivity contribution in [2.24, 2.45) is 0 Å². The van der Waals surface area contributed by atoms with E-state index in [0.29, 0.717) is 13.2 Å². The van der Waals surface area contributed by atoms with E-state index in [4.69, 9.17) is 9.47 Å². The van der Waals surface area contributed by atoms with Crippen molar-refractivity contribution in [2.75, 3.05) is 26.9 Å². The molecule has 0 saturated carbocycles. The van der Waals surface area contributed by atoms with Crippen molar-refractivity contribution in [1.82, 2.24) is 5.32 Å². The van der Waals surface area contributed by atoms with Crippen LogP contribution in [0.25, 0.3) is 0 Å². The van der Waals surface area contributed by atoms with Crippen molar-refractivity contribution in [2.45, 2.75) is 6.04 Å². The average molecular weight is 317 g/mol. The average Bonchev–Trinajstić information content (AvgIpc) is 2.58. The first kappa shape index (κ1) is 17.1. The predicted octanol–water partition coefficient (Wildman–Crippen LogP) is 2.69. The largest absolute Gasteiger partial charge is 0.382 e. The molecule has 1 amide bonds. The molecule has 0 aromatic heterocycles. The molecule has 0 fully saturated rings. The van der Waals surface area contributed by atoms with Crippen molar-refractivity contribution >= 4 is 5.91 Å². The molecule has 4 nitrogen and oxygen atoms in total. The molecule has 0 heterocycles. The third kappa shape index (κ3) is 5.47. The second kappa shape index (κ2) is 9.02. The summed E-state index contributed by atoms with van der Waals surface area (Å²) in [5.41, 5.74) is 1.73. The zero-order valence-corrected chi connectivity index (χ0v) is 13.0. The lowest BCUT2D eigenvalue weighted by Gasteiger charge is -2.20. The molecular formula is C18H20FNO3. The van der Waals surface area contributed by atoms with Crippen LogP contribution in [0.3, 0.4) is 0 Å². The van der Waals surface area contributed by atoms with Crippen LogP contribution in [-0.2, 0) is 14.3 Å². The molecule has 1 unspecified atom stereocenters. The molecule has 2 aromatic rings. The van der Waals surface area contributed by atoms with Crippen molar-refractivity contribution < 1.29 is 18.7 Å². The fraction of sp³-hybridized carbons (Fsp3) is 0.278. The van der Waals surface area contributed by atoms with E-state index in [1.807, 2.05) is 30.3 Å². The molecule has 122 valence electrons. The molecule has 0 bridgehead atoms. The number of hydrogen-bond acceptors (Lipinski definition) is 3. The quantitative estimate of drug-likeness (QED) is 0.762. The van der Waals surface area contributed by atoms with Gasteiger partial charge in [0.25, 0.3) is 0 Å². The summed E-state index contributed by atoms with van der Waals surface area (Å²) in [6.45, 7) is 0.748. The molecule has 0 aliphatic carbocycles. The van der Waals surface area contributed by atoms with E-state index >= 15 is 0 Å². The number of ether oxygens (including phenoxy) is 2. The Morgan fingerprint density at radius 2 is 1.70 bits per heavy atom. The Hall–Kier alpha value is -2.24. The van der Waals surface area contributed by atoms with Crippen LogP contribution in [0.4, 0.5) is 4.39 Å². The molecule has 5 heteroatoms. The second-order valence-corrected chi connectivity index (χ2v) is 5.01. The highest BCUT2D eigenvalue weighted by Crippen LogP contribution is 2.22. The topological polar surface area (TPSA) is 47.6 Å². The first-order chi connectivity index (χ1) is 11.2. The fourth-order valence-corrected chi connectivity index (χ4v) is 2.17. The molecule has 0 spiro atoms. The Morgan fingerprint density at radius 3 is 2.35 bits per heavy atom. The molecular weight excluding hydrogens is 297 g/mol. The maximum atomic E-state index is 13.1. The second-order valence-electron chi connectivity index (χ2n) is 5.01. The van der Waals surface area contributed by atoms with E-state index in [2.05, 4.69) is 5.32 Å². The zero-order valence-electron chi connectivity index (χ0n) is 13.0. The number of carbonyl (C=O) groups is 1. The van der Waals surface area contributed by atoms with Crippen LogP contribution < -0.4 is 5.32 Å². The number of halogens is 1. The van der Waals surface area contributed by atoms with Crippen LogP contribution in [0, 0.1) is 5.82 Å². The minimum atomic E-state index is -0.352. The number of hydrogen-bond donors (Lipinski definition) is 1. The van der Waals surface area contributed by atoms with Gasteiger partial charge < -0.3 is 14.8 Å². The van der Waals surface area contributed by atoms with Gasteiger partial charge in [0.05, 0.1) is 19.3 Å². The summed E-state index contributed by atoms with van der Waals surface area (Å²) in [7, 11) is 1.57. The van der Waals surface area contributed by atoms with E-state index in [1.165, 1.54) is 12.1 Å². The molecule has 0 aliphatic rings. The molecule has 1 N–H and O–H groups in total. The van der Waals surface area contributed by atoms with E-state index in [1.54, 1.807) is 19.2 Å². The van der Waals surface area contributed by atoms with Gasteiger partial charge in [0, 0.05) is 7.11 Å². The highest BCUT2D eigenvalue weighted by Gasteiger charge is 2.16. The zero-order chi connectivity index (χ0) is 16.5. The van der Waals surface area contributed by atoms with Crippen LogP contribution in [0.5, 0.6) is 0 Å². The Bertz CT molecular complexity index is 601. The third-order valence-electron chi connectivity index (χ3n) is 3.31. The Kier molecular flexibility index (Phi) is 6.72. The smallest absolute Gasteiger partial charge is 0.246 e. The number of methoxy groups -OCH3 is 1. The van der Waals surface area contributed by atoms with Crippen molar-refractivity contribution in [3.63, 3.8) is 0 Å². The summed E-state index contributed by atoms with van der Waals surface area (Å²) in [5.74, 6) is -0.547. The number of nitrogens with one attached hydrogen (secondary N) is 1. The molecule has 23 heavy (non-hydrogen) atoms. The van der Waals surface area contributed by atoms with Crippen molar-refractivity contribution in [3.05, 3.63) is 71.5 Å². The van der Waals surface area contributed by atoms with Gasteiger partial charge in [0.15, 0.2) is 0 Å². The third-order valence-corrected chi connectivity index (χ3v) is 3.31. The minimum Gasteiger partial charge on any atom is -0.382 e. The van der Waals surface area contributed by atoms with E-state index < -0.39 is 0 Å². The van der Waals surface area contributed by atoms with Gasteiger partial charge in [-0.15, -0.1) is 0 Å². The van der Waals surface area contributed by atoms with Crippen LogP contribution in [-0.4, -0.2) is 32.8 Å². The van der Waals surface area contributed by atoms with Gasteiger partial charge in [0.1, 0.15) is 12.4 Å². The fourth-order valence-electron chi connectivity index (χ4n) is 2.17. The van der Waals surface area contributed by atoms with Crippen molar-refractivity contribution in [1.29, 1.82) is 0 Å². The van der Waals surface area contributed by atoms with Gasteiger partial charge >= 0.3 is 0 Å². The highest BCUT2D eigenvalue weighted by molar-refractivity contribution is 5.78. The number of carbonyl (C=O) groups excluding carboxylic acids is 1. The van der Waals surface area contributed by atoms with Gasteiger partial charge in [-0.1, -0.05) is 42.5 Å². The van der Waals surface area contributed by atoms with Gasteiger partial charge in [-0.25, -0.2) is 4.39 Å². The summed E-state index contributed by atoms with van der Waals surface area (Å²) in [4.78, 5) is 12.1. The van der Waals surface area contributed by atoms with Gasteiger partial charge in [-0.3, -0.25) is 4.79 Å². The number of benzene rings is 2. The summed E-state index contributed by atoms with van der Waals surface area (Å²) < 4.78 is 23.2. The summed E-state index contributed by atoms with van der Waals surface area (Å²) in [6, 6.07) is 15.3. The Morgan fingerprint density at radius 1 is 1.04 bits per heavy atom. The molecule has 2 rings (SSSR count). The van der Waals surface area contributed by atoms with Gasteiger partial charge in [0.2, 0.25) is 5.91 Å². The molecule has 0 saturated heterocycles. The maximum Gasteiger partial charge on any atom is 0.246 e. The van der Waals surface area contributed by atoms with Crippen LogP contribution in [0.1, 0.15) is 17.2 Å². The molecule has 2 aromatic carbocycles. The van der Waals surface area contributed by atoms with Crippen LogP contribution in [0.2, 0.25) is 0 Å². The van der Waals surface area contributed by atoms with Crippen molar-refractivity contribution in [3.8, 4) is 0 Å². The number of rotatable bonds is 8. The van der Waals surface area contributed by atoms with E-state index in [0.717, 1.165) is 11.1 Å². The first-order valence-electron chi connectivity index (χ1n) is 7.37. The van der Waals surface area contributed by atoms with Crippen LogP contribution >= 0.6 is 0 Å². The minimum absolute atomic E-state index is 0.0477. The lowest BCUT2D eigenvalue weighted by molar-refractivity contribution is -0.126. The van der Waals surface area contributed by atoms with Gasteiger partial charge in [-0.05, 0) is 23.3 Å². The monoisotopic (exact) mass is 317 g/mol. The molecule has 0 radical (unpaired) electrons. The summed E-state index contributed by atoms with van der Waals surface area (Å²) >= 11 is 0. The lowest BCUT2D eigenvalue weighted by atomic mass is 9.98. The normalized spacial score (nSPS) is 11.9. The molecule has 0 aliphatic heterocycles. The highest BCUT2D eigenvalue weighted by atomic mass is 19.1. The SMILES string of the molecule is COCCOCC(=O)NC(c1ccccc1)c1ccc(F)cc1. The summed E-state index contributed by atoms with van der Waals surface area (Å²) in [6.07, 6.45) is 0. The first-order valence-corrected chi connectivity index (χ1v) is 7.37. The predicted molar refractivity (Wildman–Crippen MR) is 85.5 cm³/mol. The summed E-state index contributed by atoms with van der Waals surface area (Å²) in [5, 5.41) is 2.92. The van der Waals surface area contributed by atoms with E-state index in [9.17, 15) is 9.18 Å². The standard InChI is InChI=1S/C18H20FNO3/c1-22-11-12-23-13-17(21)20-18(14-5-3-2-4-6-14)15-7-9-16(19)10-8-15/h2-10,18H,11-13H2,1H3,(H,20,21). The van der Waals surface area contributed by atoms with Gasteiger partial charge in [-0.2, -0.15) is 0 Å². The van der Waals surface area contributed by atoms with Crippen LogP contribution in [0.15, 0.2) is 54.6 Å². The van der Waals surface area contributed by atoms with E-state index in [-0.39, 0.29) is 24.4 Å².